The molecule has 2 aromatic carbocycles. The number of sulfonamides is 1. The maximum atomic E-state index is 13.6. The van der Waals surface area contributed by atoms with Gasteiger partial charge in [0.1, 0.15) is 6.10 Å². The van der Waals surface area contributed by atoms with Gasteiger partial charge in [-0.2, -0.15) is 4.31 Å². The molecule has 1 aliphatic heterocycles. The highest BCUT2D eigenvalue weighted by Crippen LogP contribution is 2.37. The van der Waals surface area contributed by atoms with Crippen LogP contribution in [0.5, 0.6) is 0 Å². The number of aliphatic hydroxyl groups is 2. The molecule has 0 aromatic heterocycles. The lowest BCUT2D eigenvalue weighted by atomic mass is 9.99. The van der Waals surface area contributed by atoms with Crippen LogP contribution in [-0.4, -0.2) is 85.0 Å². The van der Waals surface area contributed by atoms with Crippen LogP contribution in [0.1, 0.15) is 44.7 Å². The fourth-order valence-corrected chi connectivity index (χ4v) is 7.50. The van der Waals surface area contributed by atoms with Crippen molar-refractivity contribution < 1.29 is 37.7 Å². The zero-order valence-electron chi connectivity index (χ0n) is 24.9. The summed E-state index contributed by atoms with van der Waals surface area (Å²) >= 11 is 0. The second-order valence-electron chi connectivity index (χ2n) is 11.9. The average molecular weight is 618 g/mol. The summed E-state index contributed by atoms with van der Waals surface area (Å²) in [5.41, 5.74) is 1.44. The molecule has 43 heavy (non-hydrogen) atoms. The Balaban J connectivity index is 1.47. The quantitative estimate of drug-likeness (QED) is 0.267. The third-order valence-electron chi connectivity index (χ3n) is 7.95. The number of carbonyl (C=O) groups is 2. The minimum Gasteiger partial charge on any atom is -0.446 e. The van der Waals surface area contributed by atoms with Crippen LogP contribution >= 0.6 is 0 Å². The Morgan fingerprint density at radius 1 is 1.05 bits per heavy atom. The maximum Gasteiger partial charge on any atom is 0.407 e. The van der Waals surface area contributed by atoms with Gasteiger partial charge in [0.2, 0.25) is 15.9 Å². The zero-order valence-corrected chi connectivity index (χ0v) is 25.7. The Kier molecular flexibility index (Phi) is 11.2. The lowest BCUT2D eigenvalue weighted by Gasteiger charge is -2.31. The van der Waals surface area contributed by atoms with Crippen LogP contribution in [0, 0.1) is 11.8 Å². The van der Waals surface area contributed by atoms with Gasteiger partial charge in [-0.3, -0.25) is 4.79 Å². The second-order valence-corrected chi connectivity index (χ2v) is 13.8. The molecule has 11 nitrogen and oxygen atoms in total. The van der Waals surface area contributed by atoms with Crippen molar-refractivity contribution in [2.45, 2.75) is 81.9 Å². The molecular formula is C31H43N3O8S. The SMILES string of the molecule is CC(=O)N[C@H]1CO[C@@H]2C[C@H](OC(=O)N[C@@H](Cc3ccccc3)C(O)CN(CC(C)C)S(=O)(=O)c3ccc(CO)cc3)C[C@H]12. The number of carbonyl (C=O) groups excluding carboxylic acids is 2. The summed E-state index contributed by atoms with van der Waals surface area (Å²) in [4.78, 5) is 24.7. The predicted octanol–water partition coefficient (Wildman–Crippen LogP) is 2.21. The molecule has 1 saturated heterocycles. The van der Waals surface area contributed by atoms with E-state index in [-0.39, 0.29) is 60.9 Å². The van der Waals surface area contributed by atoms with E-state index in [4.69, 9.17) is 9.47 Å². The van der Waals surface area contributed by atoms with Gasteiger partial charge < -0.3 is 30.3 Å². The minimum atomic E-state index is -3.99. The monoisotopic (exact) mass is 617 g/mol. The van der Waals surface area contributed by atoms with E-state index in [1.807, 2.05) is 44.2 Å². The summed E-state index contributed by atoms with van der Waals surface area (Å²) in [5, 5.41) is 26.5. The summed E-state index contributed by atoms with van der Waals surface area (Å²) < 4.78 is 40.0. The zero-order chi connectivity index (χ0) is 31.1. The first-order chi connectivity index (χ1) is 20.5. The number of hydrogen-bond donors (Lipinski definition) is 4. The van der Waals surface area contributed by atoms with Crippen LogP contribution in [0.3, 0.4) is 0 Å². The number of hydrogen-bond acceptors (Lipinski definition) is 8. The van der Waals surface area contributed by atoms with Crippen LogP contribution in [-0.2, 0) is 37.3 Å². The van der Waals surface area contributed by atoms with Gasteiger partial charge in [0.15, 0.2) is 0 Å². The molecule has 4 rings (SSSR count). The topological polar surface area (TPSA) is 154 Å². The Hall–Kier alpha value is -3.03. The van der Waals surface area contributed by atoms with E-state index in [1.165, 1.54) is 23.4 Å². The maximum absolute atomic E-state index is 13.6. The van der Waals surface area contributed by atoms with E-state index in [9.17, 15) is 28.2 Å². The highest BCUT2D eigenvalue weighted by molar-refractivity contribution is 7.89. The van der Waals surface area contributed by atoms with E-state index >= 15 is 0 Å². The summed E-state index contributed by atoms with van der Waals surface area (Å²) in [6.45, 7) is 5.37. The van der Waals surface area contributed by atoms with Crippen molar-refractivity contribution in [2.24, 2.45) is 11.8 Å². The van der Waals surface area contributed by atoms with E-state index in [0.717, 1.165) is 5.56 Å². The normalized spacial score (nSPS) is 23.1. The number of fused-ring (bicyclic) bond motifs is 1. The lowest BCUT2D eigenvalue weighted by molar-refractivity contribution is -0.119. The van der Waals surface area contributed by atoms with E-state index in [2.05, 4.69) is 10.6 Å². The summed E-state index contributed by atoms with van der Waals surface area (Å²) in [7, 11) is -3.99. The molecule has 2 aliphatic rings. The van der Waals surface area contributed by atoms with Gasteiger partial charge in [0.05, 0.1) is 42.4 Å². The van der Waals surface area contributed by atoms with Crippen molar-refractivity contribution in [1.29, 1.82) is 0 Å². The molecule has 0 spiro atoms. The molecule has 2 fully saturated rings. The van der Waals surface area contributed by atoms with Crippen molar-refractivity contribution >= 4 is 22.0 Å². The van der Waals surface area contributed by atoms with Crippen molar-refractivity contribution in [2.75, 3.05) is 19.7 Å². The van der Waals surface area contributed by atoms with Crippen LogP contribution in [0.2, 0.25) is 0 Å². The first-order valence-corrected chi connectivity index (χ1v) is 16.2. The molecule has 236 valence electrons. The predicted molar refractivity (Wildman–Crippen MR) is 159 cm³/mol. The number of ether oxygens (including phenoxy) is 2. The van der Waals surface area contributed by atoms with Crippen LogP contribution in [0.4, 0.5) is 4.79 Å². The van der Waals surface area contributed by atoms with E-state index in [1.54, 1.807) is 12.1 Å². The first-order valence-electron chi connectivity index (χ1n) is 14.7. The standard InChI is InChI=1S/C31H43N3O8S/c1-20(2)16-34(43(39,40)25-11-9-23(18-35)10-12-25)17-29(37)27(13-22-7-5-4-6-8-22)33-31(38)42-24-14-26-28(32-21(3)36)19-41-30(26)15-24/h4-12,20,24,26-30,35,37H,13-19H2,1-3H3,(H,32,36)(H,33,38)/t24-,26-,27+,28+,29?,30-/m1/s1. The molecule has 0 bridgehead atoms. The summed E-state index contributed by atoms with van der Waals surface area (Å²) in [6.07, 6.45) is -1.18. The number of amides is 2. The first kappa shape index (κ1) is 32.9. The fraction of sp³-hybridized carbons (Fsp3) is 0.548. The molecule has 2 amide bonds. The van der Waals surface area contributed by atoms with Crippen LogP contribution in [0.15, 0.2) is 59.5 Å². The smallest absolute Gasteiger partial charge is 0.407 e. The number of benzene rings is 2. The molecule has 1 saturated carbocycles. The number of aliphatic hydroxyl groups excluding tert-OH is 2. The van der Waals surface area contributed by atoms with Gasteiger partial charge in [-0.15, -0.1) is 0 Å². The third-order valence-corrected chi connectivity index (χ3v) is 9.79. The molecule has 0 radical (unpaired) electrons. The van der Waals surface area contributed by atoms with Gasteiger partial charge in [-0.1, -0.05) is 56.3 Å². The fourth-order valence-electron chi connectivity index (χ4n) is 5.88. The van der Waals surface area contributed by atoms with Gasteiger partial charge in [-0.25, -0.2) is 13.2 Å². The van der Waals surface area contributed by atoms with Crippen molar-refractivity contribution in [3.05, 3.63) is 65.7 Å². The van der Waals surface area contributed by atoms with E-state index < -0.39 is 34.4 Å². The highest BCUT2D eigenvalue weighted by atomic mass is 32.2. The Bertz CT molecular complexity index is 1320. The summed E-state index contributed by atoms with van der Waals surface area (Å²) in [6, 6.07) is 14.3. The van der Waals surface area contributed by atoms with Crippen molar-refractivity contribution in [1.82, 2.24) is 14.9 Å². The highest BCUT2D eigenvalue weighted by Gasteiger charge is 2.46. The summed E-state index contributed by atoms with van der Waals surface area (Å²) in [5.74, 6) is -0.118. The molecule has 1 unspecified atom stereocenters. The minimum absolute atomic E-state index is 0.0328. The second kappa shape index (κ2) is 14.6. The van der Waals surface area contributed by atoms with Gasteiger partial charge in [-0.05, 0) is 42.0 Å². The number of nitrogens with zero attached hydrogens (tertiary/aromatic N) is 1. The van der Waals surface area contributed by atoms with Crippen LogP contribution in [0.25, 0.3) is 0 Å². The molecule has 1 aliphatic carbocycles. The molecule has 2 aromatic rings. The van der Waals surface area contributed by atoms with Crippen LogP contribution < -0.4 is 10.6 Å². The van der Waals surface area contributed by atoms with Gasteiger partial charge in [0, 0.05) is 32.4 Å². The Labute approximate surface area is 253 Å². The average Bonchev–Trinajstić information content (AvgIpc) is 3.53. The molecule has 4 N–H and O–H groups in total. The van der Waals surface area contributed by atoms with Gasteiger partial charge in [0.25, 0.3) is 0 Å². The Morgan fingerprint density at radius 3 is 2.37 bits per heavy atom. The lowest BCUT2D eigenvalue weighted by Crippen LogP contribution is -2.51. The molecule has 12 heteroatoms. The van der Waals surface area contributed by atoms with Crippen molar-refractivity contribution in [3.63, 3.8) is 0 Å². The van der Waals surface area contributed by atoms with Crippen molar-refractivity contribution in [3.8, 4) is 0 Å². The largest absolute Gasteiger partial charge is 0.446 e. The van der Waals surface area contributed by atoms with Gasteiger partial charge >= 0.3 is 6.09 Å². The number of rotatable bonds is 13. The van der Waals surface area contributed by atoms with E-state index in [0.29, 0.717) is 25.0 Å². The number of alkyl carbamates (subject to hydrolysis) is 1. The molecule has 6 atom stereocenters. The number of nitrogens with one attached hydrogen (secondary N) is 2. The molecule has 1 heterocycles. The third kappa shape index (κ3) is 8.76. The Morgan fingerprint density at radius 2 is 1.74 bits per heavy atom. The molecular weight excluding hydrogens is 574 g/mol.